The molecule has 0 saturated heterocycles. The van der Waals surface area contributed by atoms with Crippen molar-refractivity contribution in [2.24, 2.45) is 16.1 Å². The van der Waals surface area contributed by atoms with Gasteiger partial charge in [0.2, 0.25) is 0 Å². The van der Waals surface area contributed by atoms with E-state index >= 15 is 0 Å². The van der Waals surface area contributed by atoms with Crippen molar-refractivity contribution >= 4 is 5.84 Å². The van der Waals surface area contributed by atoms with E-state index in [1.807, 2.05) is 0 Å². The Kier molecular flexibility index (Phi) is 3.50. The number of hydrogen-bond acceptors (Lipinski definition) is 2. The van der Waals surface area contributed by atoms with Crippen LogP contribution in [0.4, 0.5) is 0 Å². The van der Waals surface area contributed by atoms with Crippen molar-refractivity contribution < 1.29 is 0 Å². The second-order valence-corrected chi connectivity index (χ2v) is 4.66. The Hall–Kier alpha value is -1.32. The van der Waals surface area contributed by atoms with Gasteiger partial charge in [0, 0.05) is 17.8 Å². The number of amidine groups is 1. The summed E-state index contributed by atoms with van der Waals surface area (Å²) in [4.78, 5) is 11.8. The molecule has 0 radical (unpaired) electrons. The molecule has 0 aromatic carbocycles. The number of aliphatic imine (C=N–C) groups is 1. The lowest BCUT2D eigenvalue weighted by Crippen LogP contribution is -2.29. The van der Waals surface area contributed by atoms with Crippen LogP contribution in [0.25, 0.3) is 0 Å². The molecule has 3 N–H and O–H groups in total. The Bertz CT molecular complexity index is 319. The molecule has 4 nitrogen and oxygen atoms in total. The van der Waals surface area contributed by atoms with E-state index < -0.39 is 0 Å². The fraction of sp³-hybridized carbons (Fsp3) is 0.636. The minimum atomic E-state index is -0.0833. The maximum Gasteiger partial charge on any atom is 0.130 e. The van der Waals surface area contributed by atoms with Gasteiger partial charge in [-0.1, -0.05) is 27.7 Å². The van der Waals surface area contributed by atoms with Gasteiger partial charge in [-0.3, -0.25) is 4.99 Å². The van der Waals surface area contributed by atoms with Crippen molar-refractivity contribution in [2.45, 2.75) is 40.2 Å². The average molecular weight is 208 g/mol. The zero-order chi connectivity index (χ0) is 11.5. The van der Waals surface area contributed by atoms with Gasteiger partial charge in [-0.2, -0.15) is 0 Å². The molecule has 0 aliphatic heterocycles. The normalized spacial score (nSPS) is 15.3. The maximum absolute atomic E-state index is 5.94. The fourth-order valence-corrected chi connectivity index (χ4v) is 1.17. The molecule has 0 fully saturated rings. The van der Waals surface area contributed by atoms with Crippen molar-refractivity contribution in [3.05, 3.63) is 18.2 Å². The number of hydrogen-bond donors (Lipinski definition) is 2. The van der Waals surface area contributed by atoms with Crippen LogP contribution in [0.2, 0.25) is 0 Å². The van der Waals surface area contributed by atoms with Gasteiger partial charge in [0.05, 0.1) is 5.84 Å². The standard InChI is InChI=1S/C11H20N4/c1-5-8(9-13-6-7-14-9)15-10(12)11(2,3)4/h6-8H,5H2,1-4H3,(H2,12,15)(H,13,14). The zero-order valence-corrected chi connectivity index (χ0v) is 9.91. The molecule has 15 heavy (non-hydrogen) atoms. The van der Waals surface area contributed by atoms with Crippen molar-refractivity contribution in [3.63, 3.8) is 0 Å². The Labute approximate surface area is 91.0 Å². The van der Waals surface area contributed by atoms with Gasteiger partial charge in [0.25, 0.3) is 0 Å². The number of nitrogens with one attached hydrogen (secondary N) is 1. The summed E-state index contributed by atoms with van der Waals surface area (Å²) in [7, 11) is 0. The molecule has 84 valence electrons. The molecule has 1 atom stereocenters. The Morgan fingerprint density at radius 1 is 1.60 bits per heavy atom. The molecule has 0 amide bonds. The van der Waals surface area contributed by atoms with E-state index in [1.165, 1.54) is 0 Å². The van der Waals surface area contributed by atoms with Crippen LogP contribution in [0.15, 0.2) is 17.4 Å². The van der Waals surface area contributed by atoms with E-state index in [0.29, 0.717) is 5.84 Å². The number of H-pyrrole nitrogens is 1. The van der Waals surface area contributed by atoms with E-state index in [4.69, 9.17) is 5.73 Å². The van der Waals surface area contributed by atoms with E-state index in [2.05, 4.69) is 42.7 Å². The molecule has 1 unspecified atom stereocenters. The predicted octanol–water partition coefficient (Wildman–Crippen LogP) is 2.26. The lowest BCUT2D eigenvalue weighted by Gasteiger charge is -2.19. The number of nitrogens with two attached hydrogens (primary N) is 1. The Morgan fingerprint density at radius 2 is 2.27 bits per heavy atom. The molecule has 0 aliphatic carbocycles. The van der Waals surface area contributed by atoms with Gasteiger partial charge < -0.3 is 10.7 Å². The summed E-state index contributed by atoms with van der Waals surface area (Å²) in [5.74, 6) is 1.55. The summed E-state index contributed by atoms with van der Waals surface area (Å²) in [5, 5.41) is 0. The van der Waals surface area contributed by atoms with Gasteiger partial charge in [-0.15, -0.1) is 0 Å². The molecule has 1 aromatic heterocycles. The molecule has 0 spiro atoms. The third-order valence-corrected chi connectivity index (χ3v) is 2.29. The molecule has 0 aliphatic rings. The first kappa shape index (κ1) is 11.8. The summed E-state index contributed by atoms with van der Waals surface area (Å²) in [6, 6.07) is 0.0409. The minimum absolute atomic E-state index is 0.0409. The summed E-state index contributed by atoms with van der Waals surface area (Å²) in [6.07, 6.45) is 4.44. The van der Waals surface area contributed by atoms with Gasteiger partial charge >= 0.3 is 0 Å². The quantitative estimate of drug-likeness (QED) is 0.591. The number of rotatable bonds is 3. The number of aromatic nitrogens is 2. The van der Waals surface area contributed by atoms with Crippen LogP contribution in [-0.4, -0.2) is 15.8 Å². The van der Waals surface area contributed by atoms with Crippen molar-refractivity contribution in [3.8, 4) is 0 Å². The first-order chi connectivity index (χ1) is 6.95. The monoisotopic (exact) mass is 208 g/mol. The second kappa shape index (κ2) is 4.47. The van der Waals surface area contributed by atoms with Gasteiger partial charge in [-0.25, -0.2) is 4.98 Å². The summed E-state index contributed by atoms with van der Waals surface area (Å²) in [5.41, 5.74) is 5.86. The van der Waals surface area contributed by atoms with E-state index in [-0.39, 0.29) is 11.5 Å². The zero-order valence-electron chi connectivity index (χ0n) is 9.91. The lowest BCUT2D eigenvalue weighted by molar-refractivity contribution is 0.564. The highest BCUT2D eigenvalue weighted by atomic mass is 15.0. The first-order valence-electron chi connectivity index (χ1n) is 5.28. The van der Waals surface area contributed by atoms with E-state index in [9.17, 15) is 0 Å². The van der Waals surface area contributed by atoms with Crippen LogP contribution in [-0.2, 0) is 0 Å². The average Bonchev–Trinajstić information content (AvgIpc) is 2.64. The van der Waals surface area contributed by atoms with Crippen molar-refractivity contribution in [1.29, 1.82) is 0 Å². The molecule has 0 saturated carbocycles. The van der Waals surface area contributed by atoms with Crippen molar-refractivity contribution in [1.82, 2.24) is 9.97 Å². The highest BCUT2D eigenvalue weighted by molar-refractivity contribution is 5.85. The third kappa shape index (κ3) is 3.08. The van der Waals surface area contributed by atoms with Crippen molar-refractivity contribution in [2.75, 3.05) is 0 Å². The van der Waals surface area contributed by atoms with Crippen LogP contribution in [0.5, 0.6) is 0 Å². The van der Waals surface area contributed by atoms with Crippen LogP contribution in [0, 0.1) is 5.41 Å². The highest BCUT2D eigenvalue weighted by Gasteiger charge is 2.18. The van der Waals surface area contributed by atoms with Gasteiger partial charge in [0.15, 0.2) is 0 Å². The SMILES string of the molecule is CCC(N=C(N)C(C)(C)C)c1ncc[nH]1. The predicted molar refractivity (Wildman–Crippen MR) is 62.7 cm³/mol. The van der Waals surface area contributed by atoms with Crippen LogP contribution in [0.1, 0.15) is 46.0 Å². The Morgan fingerprint density at radius 3 is 2.67 bits per heavy atom. The third-order valence-electron chi connectivity index (χ3n) is 2.29. The maximum atomic E-state index is 5.94. The lowest BCUT2D eigenvalue weighted by atomic mass is 9.95. The van der Waals surface area contributed by atoms with Gasteiger partial charge in [-0.05, 0) is 6.42 Å². The van der Waals surface area contributed by atoms with E-state index in [1.54, 1.807) is 12.4 Å². The molecular formula is C11H20N4. The molecule has 4 heteroatoms. The summed E-state index contributed by atoms with van der Waals surface area (Å²) >= 11 is 0. The first-order valence-corrected chi connectivity index (χ1v) is 5.28. The second-order valence-electron chi connectivity index (χ2n) is 4.66. The summed E-state index contributed by atoms with van der Waals surface area (Å²) < 4.78 is 0. The molecule has 1 heterocycles. The largest absolute Gasteiger partial charge is 0.387 e. The summed E-state index contributed by atoms with van der Waals surface area (Å²) in [6.45, 7) is 8.24. The van der Waals surface area contributed by atoms with Gasteiger partial charge in [0.1, 0.15) is 11.9 Å². The highest BCUT2D eigenvalue weighted by Crippen LogP contribution is 2.21. The van der Waals surface area contributed by atoms with E-state index in [0.717, 1.165) is 12.2 Å². The topological polar surface area (TPSA) is 67.1 Å². The number of aromatic amines is 1. The number of nitrogens with zero attached hydrogens (tertiary/aromatic N) is 2. The molecular weight excluding hydrogens is 188 g/mol. The van der Waals surface area contributed by atoms with Crippen LogP contribution in [0.3, 0.4) is 0 Å². The number of imidazole rings is 1. The van der Waals surface area contributed by atoms with Crippen LogP contribution >= 0.6 is 0 Å². The molecule has 1 aromatic rings. The Balaban J connectivity index is 2.87. The molecule has 1 rings (SSSR count). The fourth-order valence-electron chi connectivity index (χ4n) is 1.17. The van der Waals surface area contributed by atoms with Crippen LogP contribution < -0.4 is 5.73 Å². The minimum Gasteiger partial charge on any atom is -0.387 e. The molecule has 0 bridgehead atoms. The smallest absolute Gasteiger partial charge is 0.130 e.